The van der Waals surface area contributed by atoms with E-state index in [1.807, 2.05) is 0 Å². The first kappa shape index (κ1) is 9.45. The molecule has 68 valence electrons. The quantitative estimate of drug-likeness (QED) is 0.775. The molecule has 0 radical (unpaired) electrons. The van der Waals surface area contributed by atoms with Crippen molar-refractivity contribution in [1.82, 2.24) is 0 Å². The van der Waals surface area contributed by atoms with Crippen LogP contribution in [0.4, 0.5) is 4.39 Å². The van der Waals surface area contributed by atoms with Gasteiger partial charge in [-0.25, -0.2) is 4.39 Å². The zero-order valence-corrected chi connectivity index (χ0v) is 6.85. The van der Waals surface area contributed by atoms with Crippen molar-refractivity contribution in [2.75, 3.05) is 0 Å². The fraction of sp³-hybridized carbons (Fsp3) is 0.100. The maximum atomic E-state index is 11.8. The van der Waals surface area contributed by atoms with Crippen LogP contribution >= 0.6 is 0 Å². The molecule has 1 aromatic carbocycles. The lowest BCUT2D eigenvalue weighted by atomic mass is 10.00. The van der Waals surface area contributed by atoms with Gasteiger partial charge in [0.05, 0.1) is 6.33 Å². The monoisotopic (exact) mass is 180 g/mol. The van der Waals surface area contributed by atoms with Crippen molar-refractivity contribution in [3.05, 3.63) is 48.3 Å². The van der Waals surface area contributed by atoms with Gasteiger partial charge < -0.3 is 5.11 Å². The summed E-state index contributed by atoms with van der Waals surface area (Å²) in [6, 6.07) is 8.52. The van der Waals surface area contributed by atoms with E-state index in [1.165, 1.54) is 0 Å². The van der Waals surface area contributed by atoms with Crippen LogP contribution in [0.25, 0.3) is 0 Å². The third-order valence-electron chi connectivity index (χ3n) is 1.69. The van der Waals surface area contributed by atoms with E-state index in [9.17, 15) is 9.18 Å². The molecule has 1 N–H and O–H groups in total. The molecule has 0 bridgehead atoms. The number of rotatable bonds is 3. The van der Waals surface area contributed by atoms with Gasteiger partial charge in [-0.3, -0.25) is 4.79 Å². The van der Waals surface area contributed by atoms with E-state index < -0.39 is 11.9 Å². The molecule has 0 heterocycles. The Morgan fingerprint density at radius 1 is 1.38 bits per heavy atom. The molecule has 0 aliphatic heterocycles. The molecule has 1 atom stereocenters. The predicted molar refractivity (Wildman–Crippen MR) is 47.1 cm³/mol. The van der Waals surface area contributed by atoms with Gasteiger partial charge in [-0.2, -0.15) is 0 Å². The second-order valence-corrected chi connectivity index (χ2v) is 2.55. The topological polar surface area (TPSA) is 37.3 Å². The highest BCUT2D eigenvalue weighted by Crippen LogP contribution is 2.16. The highest BCUT2D eigenvalue weighted by Gasteiger charge is 2.15. The van der Waals surface area contributed by atoms with Crippen LogP contribution in [0.3, 0.4) is 0 Å². The fourth-order valence-electron chi connectivity index (χ4n) is 1.07. The minimum absolute atomic E-state index is 0.256. The van der Waals surface area contributed by atoms with Gasteiger partial charge in [0.25, 0.3) is 0 Å². The summed E-state index contributed by atoms with van der Waals surface area (Å²) in [5, 5.41) is 8.74. The number of benzene rings is 1. The van der Waals surface area contributed by atoms with E-state index in [0.29, 0.717) is 5.56 Å². The molecule has 2 nitrogen and oxygen atoms in total. The van der Waals surface area contributed by atoms with Crippen molar-refractivity contribution in [3.8, 4) is 0 Å². The Hall–Kier alpha value is -1.64. The molecule has 3 heteroatoms. The molecule has 13 heavy (non-hydrogen) atoms. The molecule has 0 aromatic heterocycles. The Morgan fingerprint density at radius 2 is 2.00 bits per heavy atom. The van der Waals surface area contributed by atoms with Crippen molar-refractivity contribution in [3.63, 3.8) is 0 Å². The van der Waals surface area contributed by atoms with Crippen LogP contribution in [-0.4, -0.2) is 11.1 Å². The summed E-state index contributed by atoms with van der Waals surface area (Å²) in [6.45, 7) is 0. The average molecular weight is 180 g/mol. The molecule has 0 saturated carbocycles. The maximum Gasteiger partial charge on any atom is 0.314 e. The summed E-state index contributed by atoms with van der Waals surface area (Å²) in [5.41, 5.74) is 0.573. The smallest absolute Gasteiger partial charge is 0.314 e. The van der Waals surface area contributed by atoms with Gasteiger partial charge in [-0.05, 0) is 11.6 Å². The molecular formula is C10H9FO2. The second kappa shape index (κ2) is 4.40. The summed E-state index contributed by atoms with van der Waals surface area (Å²) < 4.78 is 11.8. The number of carbonyl (C=O) groups is 1. The first-order valence-electron chi connectivity index (χ1n) is 3.80. The van der Waals surface area contributed by atoms with E-state index in [1.54, 1.807) is 30.3 Å². The third kappa shape index (κ3) is 2.40. The molecular weight excluding hydrogens is 171 g/mol. The summed E-state index contributed by atoms with van der Waals surface area (Å²) >= 11 is 0. The summed E-state index contributed by atoms with van der Waals surface area (Å²) in [7, 11) is 0. The van der Waals surface area contributed by atoms with E-state index in [2.05, 4.69) is 0 Å². The summed E-state index contributed by atoms with van der Waals surface area (Å²) in [5.74, 6) is -1.95. The molecule has 0 amide bonds. The van der Waals surface area contributed by atoms with Crippen LogP contribution in [0.1, 0.15) is 11.5 Å². The van der Waals surface area contributed by atoms with Gasteiger partial charge in [-0.1, -0.05) is 30.3 Å². The molecule has 1 unspecified atom stereocenters. The van der Waals surface area contributed by atoms with Crippen LogP contribution in [-0.2, 0) is 4.79 Å². The number of halogens is 1. The van der Waals surface area contributed by atoms with Crippen molar-refractivity contribution < 1.29 is 14.3 Å². The predicted octanol–water partition coefficient (Wildman–Crippen LogP) is 2.34. The Bertz CT molecular complexity index is 306. The Labute approximate surface area is 75.3 Å². The van der Waals surface area contributed by atoms with Crippen LogP contribution < -0.4 is 0 Å². The number of hydrogen-bond donors (Lipinski definition) is 1. The maximum absolute atomic E-state index is 11.8. The molecule has 0 aliphatic carbocycles. The zero-order chi connectivity index (χ0) is 9.68. The highest BCUT2D eigenvalue weighted by atomic mass is 19.1. The van der Waals surface area contributed by atoms with Gasteiger partial charge in [-0.15, -0.1) is 0 Å². The van der Waals surface area contributed by atoms with Gasteiger partial charge >= 0.3 is 5.97 Å². The van der Waals surface area contributed by atoms with Gasteiger partial charge in [0, 0.05) is 0 Å². The van der Waals surface area contributed by atoms with Crippen molar-refractivity contribution in [2.45, 2.75) is 5.92 Å². The molecule has 0 aliphatic rings. The molecule has 1 rings (SSSR count). The Balaban J connectivity index is 2.96. The first-order valence-corrected chi connectivity index (χ1v) is 3.80. The van der Waals surface area contributed by atoms with Crippen LogP contribution in [0.15, 0.2) is 42.7 Å². The third-order valence-corrected chi connectivity index (χ3v) is 1.69. The van der Waals surface area contributed by atoms with E-state index in [4.69, 9.17) is 5.11 Å². The lowest BCUT2D eigenvalue weighted by Gasteiger charge is -2.05. The normalized spacial score (nSPS) is 13.0. The Morgan fingerprint density at radius 3 is 2.46 bits per heavy atom. The standard InChI is InChI=1S/C10H9FO2/c11-7-6-9(10(12)13)8-4-2-1-3-5-8/h1-7,9H,(H,12,13)/b7-6-. The SMILES string of the molecule is O=C(O)C(/C=C\F)c1ccccc1. The molecule has 0 fully saturated rings. The van der Waals surface area contributed by atoms with E-state index in [-0.39, 0.29) is 6.33 Å². The summed E-state index contributed by atoms with van der Waals surface area (Å²) in [4.78, 5) is 10.7. The highest BCUT2D eigenvalue weighted by molar-refractivity contribution is 5.78. The van der Waals surface area contributed by atoms with Crippen LogP contribution in [0, 0.1) is 0 Å². The molecule has 0 saturated heterocycles. The Kier molecular flexibility index (Phi) is 3.20. The fourth-order valence-corrected chi connectivity index (χ4v) is 1.07. The van der Waals surface area contributed by atoms with Gasteiger partial charge in [0.1, 0.15) is 5.92 Å². The zero-order valence-electron chi connectivity index (χ0n) is 6.85. The first-order chi connectivity index (χ1) is 6.25. The minimum atomic E-state index is -1.06. The lowest BCUT2D eigenvalue weighted by Crippen LogP contribution is -2.08. The molecule has 1 aromatic rings. The average Bonchev–Trinajstić information content (AvgIpc) is 2.15. The number of aliphatic carboxylic acids is 1. The van der Waals surface area contributed by atoms with Gasteiger partial charge in [0.15, 0.2) is 0 Å². The largest absolute Gasteiger partial charge is 0.481 e. The van der Waals surface area contributed by atoms with Crippen LogP contribution in [0.2, 0.25) is 0 Å². The van der Waals surface area contributed by atoms with E-state index >= 15 is 0 Å². The number of carboxylic acids is 1. The van der Waals surface area contributed by atoms with Crippen LogP contribution in [0.5, 0.6) is 0 Å². The number of carboxylic acid groups (broad SMARTS) is 1. The van der Waals surface area contributed by atoms with E-state index in [0.717, 1.165) is 6.08 Å². The summed E-state index contributed by atoms with van der Waals surface area (Å²) in [6.07, 6.45) is 1.27. The second-order valence-electron chi connectivity index (χ2n) is 2.55. The van der Waals surface area contributed by atoms with Crippen molar-refractivity contribution in [2.24, 2.45) is 0 Å². The minimum Gasteiger partial charge on any atom is -0.481 e. The lowest BCUT2D eigenvalue weighted by molar-refractivity contribution is -0.137. The van der Waals surface area contributed by atoms with Crippen molar-refractivity contribution >= 4 is 5.97 Å². The number of hydrogen-bond acceptors (Lipinski definition) is 1. The van der Waals surface area contributed by atoms with Crippen molar-refractivity contribution in [1.29, 1.82) is 0 Å². The van der Waals surface area contributed by atoms with Gasteiger partial charge in [0.2, 0.25) is 0 Å². The molecule has 0 spiro atoms.